The Kier molecular flexibility index (Phi) is 3.14. The topological polar surface area (TPSA) is 34.1 Å². The minimum absolute atomic E-state index is 0.00496. The van der Waals surface area contributed by atoms with Gasteiger partial charge in [-0.2, -0.15) is 0 Å². The molecule has 5 heteroatoms. The first-order valence-electron chi connectivity index (χ1n) is 4.54. The second-order valence-corrected chi connectivity index (χ2v) is 5.92. The lowest BCUT2D eigenvalue weighted by Gasteiger charge is -2.19. The molecule has 1 heterocycles. The van der Waals surface area contributed by atoms with Crippen molar-refractivity contribution in [2.75, 3.05) is 0 Å². The molecule has 0 saturated heterocycles. The Morgan fingerprint density at radius 1 is 1.20 bits per heavy atom. The number of ketones is 2. The molecule has 0 bridgehead atoms. The molecule has 0 aromatic carbocycles. The molecule has 0 aliphatic heterocycles. The fraction of sp³-hybridized carbons (Fsp3) is 0.400. The molecule has 1 aliphatic rings. The first kappa shape index (κ1) is 11.1. The van der Waals surface area contributed by atoms with E-state index in [4.69, 9.17) is 23.2 Å². The Balaban J connectivity index is 2.27. The molecule has 1 saturated carbocycles. The predicted molar refractivity (Wildman–Crippen MR) is 60.9 cm³/mol. The van der Waals surface area contributed by atoms with Crippen LogP contribution in [0.25, 0.3) is 0 Å². The summed E-state index contributed by atoms with van der Waals surface area (Å²) in [6, 6.07) is 1.76. The average molecular weight is 263 g/mol. The van der Waals surface area contributed by atoms with Gasteiger partial charge in [0.2, 0.25) is 0 Å². The number of hydrogen-bond donors (Lipinski definition) is 0. The quantitative estimate of drug-likeness (QED) is 0.727. The van der Waals surface area contributed by atoms with Gasteiger partial charge in [-0.15, -0.1) is 11.3 Å². The molecular weight excluding hydrogens is 255 g/mol. The highest BCUT2D eigenvalue weighted by Gasteiger charge is 2.28. The number of rotatable bonds is 1. The maximum Gasteiger partial charge on any atom is 0.140 e. The summed E-state index contributed by atoms with van der Waals surface area (Å²) in [5.41, 5.74) is 0.841. The van der Waals surface area contributed by atoms with Crippen LogP contribution in [0, 0.1) is 0 Å². The first-order valence-corrected chi connectivity index (χ1v) is 6.11. The van der Waals surface area contributed by atoms with E-state index in [0.29, 0.717) is 21.5 Å². The molecule has 80 valence electrons. The largest absolute Gasteiger partial charge is 0.299 e. The van der Waals surface area contributed by atoms with Crippen molar-refractivity contribution in [1.82, 2.24) is 0 Å². The Bertz CT molecular complexity index is 409. The van der Waals surface area contributed by atoms with Crippen LogP contribution in [0.4, 0.5) is 0 Å². The normalized spacial score (nSPS) is 18.5. The number of thiophene rings is 1. The van der Waals surface area contributed by atoms with Gasteiger partial charge in [-0.3, -0.25) is 9.59 Å². The SMILES string of the molecule is O=C1CC(=O)CC(c2cc(Cl)sc2Cl)C1. The lowest BCUT2D eigenvalue weighted by atomic mass is 9.84. The zero-order chi connectivity index (χ0) is 11.0. The van der Waals surface area contributed by atoms with Crippen LogP contribution in [0.1, 0.15) is 30.7 Å². The molecule has 0 amide bonds. The second-order valence-electron chi connectivity index (χ2n) is 3.64. The van der Waals surface area contributed by atoms with Gasteiger partial charge in [0.15, 0.2) is 0 Å². The summed E-state index contributed by atoms with van der Waals surface area (Å²) in [7, 11) is 0. The summed E-state index contributed by atoms with van der Waals surface area (Å²) in [6.07, 6.45) is 0.878. The van der Waals surface area contributed by atoms with E-state index in [1.807, 2.05) is 0 Å². The van der Waals surface area contributed by atoms with E-state index in [1.54, 1.807) is 6.07 Å². The highest BCUT2D eigenvalue weighted by molar-refractivity contribution is 7.20. The zero-order valence-electron chi connectivity index (χ0n) is 7.76. The van der Waals surface area contributed by atoms with Crippen molar-refractivity contribution in [1.29, 1.82) is 0 Å². The van der Waals surface area contributed by atoms with Crippen molar-refractivity contribution in [3.8, 4) is 0 Å². The fourth-order valence-corrected chi connectivity index (χ4v) is 3.46. The standard InChI is InChI=1S/C10H8Cl2O2S/c11-9-4-8(10(12)15-9)5-1-6(13)3-7(14)2-5/h4-5H,1-3H2. The van der Waals surface area contributed by atoms with Crippen LogP contribution < -0.4 is 0 Å². The molecule has 0 radical (unpaired) electrons. The third-order valence-electron chi connectivity index (χ3n) is 2.47. The van der Waals surface area contributed by atoms with Crippen LogP contribution in [0.15, 0.2) is 6.07 Å². The molecule has 0 atom stereocenters. The summed E-state index contributed by atoms with van der Waals surface area (Å²) in [6.45, 7) is 0. The Morgan fingerprint density at radius 3 is 2.27 bits per heavy atom. The highest BCUT2D eigenvalue weighted by Crippen LogP contribution is 2.40. The van der Waals surface area contributed by atoms with Gasteiger partial charge in [-0.25, -0.2) is 0 Å². The molecular formula is C10H8Cl2O2S. The van der Waals surface area contributed by atoms with Gasteiger partial charge in [0.1, 0.15) is 11.6 Å². The van der Waals surface area contributed by atoms with E-state index in [2.05, 4.69) is 0 Å². The molecule has 1 aromatic heterocycles. The van der Waals surface area contributed by atoms with E-state index >= 15 is 0 Å². The Labute approximate surface area is 101 Å². The highest BCUT2D eigenvalue weighted by atomic mass is 35.5. The molecule has 2 nitrogen and oxygen atoms in total. The number of hydrogen-bond acceptors (Lipinski definition) is 3. The predicted octanol–water partition coefficient (Wildman–Crippen LogP) is 3.46. The van der Waals surface area contributed by atoms with Crippen molar-refractivity contribution >= 4 is 46.1 Å². The Hall–Kier alpha value is -0.380. The van der Waals surface area contributed by atoms with Crippen LogP contribution in [0.5, 0.6) is 0 Å². The van der Waals surface area contributed by atoms with Crippen LogP contribution in [-0.4, -0.2) is 11.6 Å². The summed E-state index contributed by atoms with van der Waals surface area (Å²) >= 11 is 13.1. The monoisotopic (exact) mass is 262 g/mol. The average Bonchev–Trinajstić information content (AvgIpc) is 2.43. The van der Waals surface area contributed by atoms with E-state index in [-0.39, 0.29) is 23.9 Å². The molecule has 2 rings (SSSR count). The molecule has 1 aliphatic carbocycles. The van der Waals surface area contributed by atoms with Crippen molar-refractivity contribution < 1.29 is 9.59 Å². The van der Waals surface area contributed by atoms with Crippen LogP contribution in [0.2, 0.25) is 8.67 Å². The third kappa shape index (κ3) is 2.41. The molecule has 1 fully saturated rings. The van der Waals surface area contributed by atoms with E-state index < -0.39 is 0 Å². The minimum atomic E-state index is -0.0741. The lowest BCUT2D eigenvalue weighted by molar-refractivity contribution is -0.130. The van der Waals surface area contributed by atoms with E-state index in [0.717, 1.165) is 5.56 Å². The number of carbonyl (C=O) groups is 2. The third-order valence-corrected chi connectivity index (χ3v) is 3.98. The van der Waals surface area contributed by atoms with Crippen LogP contribution >= 0.6 is 34.5 Å². The molecule has 1 aromatic rings. The first-order chi connectivity index (χ1) is 7.06. The fourth-order valence-electron chi connectivity index (χ4n) is 1.84. The summed E-state index contributed by atoms with van der Waals surface area (Å²) < 4.78 is 1.19. The zero-order valence-corrected chi connectivity index (χ0v) is 10.1. The van der Waals surface area contributed by atoms with Gasteiger partial charge in [0.25, 0.3) is 0 Å². The van der Waals surface area contributed by atoms with Crippen molar-refractivity contribution in [2.24, 2.45) is 0 Å². The van der Waals surface area contributed by atoms with Crippen molar-refractivity contribution in [3.05, 3.63) is 20.3 Å². The summed E-state index contributed by atoms with van der Waals surface area (Å²) in [5, 5.41) is 0. The number of Topliss-reactive ketones (excluding diaryl/α,β-unsaturated/α-hetero) is 2. The minimum Gasteiger partial charge on any atom is -0.299 e. The van der Waals surface area contributed by atoms with Gasteiger partial charge in [0, 0.05) is 18.8 Å². The van der Waals surface area contributed by atoms with Crippen molar-refractivity contribution in [3.63, 3.8) is 0 Å². The van der Waals surface area contributed by atoms with Gasteiger partial charge in [-0.1, -0.05) is 23.2 Å². The van der Waals surface area contributed by atoms with Crippen LogP contribution in [0.3, 0.4) is 0 Å². The molecule has 15 heavy (non-hydrogen) atoms. The van der Waals surface area contributed by atoms with Crippen LogP contribution in [-0.2, 0) is 9.59 Å². The second kappa shape index (κ2) is 4.24. The van der Waals surface area contributed by atoms with Gasteiger partial charge < -0.3 is 0 Å². The van der Waals surface area contributed by atoms with Gasteiger partial charge in [-0.05, 0) is 11.6 Å². The maximum atomic E-state index is 11.3. The number of carbonyl (C=O) groups excluding carboxylic acids is 2. The maximum absolute atomic E-state index is 11.3. The van der Waals surface area contributed by atoms with Gasteiger partial charge >= 0.3 is 0 Å². The van der Waals surface area contributed by atoms with E-state index in [1.165, 1.54) is 11.3 Å². The number of halogens is 2. The lowest BCUT2D eigenvalue weighted by Crippen LogP contribution is -2.21. The Morgan fingerprint density at radius 2 is 1.80 bits per heavy atom. The smallest absolute Gasteiger partial charge is 0.140 e. The van der Waals surface area contributed by atoms with Gasteiger partial charge in [0.05, 0.1) is 15.1 Å². The molecule has 0 unspecified atom stereocenters. The summed E-state index contributed by atoms with van der Waals surface area (Å²) in [5.74, 6) is -0.0840. The van der Waals surface area contributed by atoms with Crippen molar-refractivity contribution in [2.45, 2.75) is 25.2 Å². The summed E-state index contributed by atoms with van der Waals surface area (Å²) in [4.78, 5) is 22.6. The molecule has 0 spiro atoms. The van der Waals surface area contributed by atoms with E-state index in [9.17, 15) is 9.59 Å². The molecule has 0 N–H and O–H groups in total.